The van der Waals surface area contributed by atoms with Gasteiger partial charge in [-0.05, 0) is 52.3 Å². The summed E-state index contributed by atoms with van der Waals surface area (Å²) in [6, 6.07) is 10.8. The van der Waals surface area contributed by atoms with Crippen molar-refractivity contribution in [2.24, 2.45) is 0 Å². The molecule has 0 unspecified atom stereocenters. The third-order valence-corrected chi connectivity index (χ3v) is 4.71. The van der Waals surface area contributed by atoms with Crippen LogP contribution in [-0.2, 0) is 0 Å². The number of carbonyl (C=O) groups excluding carboxylic acids is 2. The van der Waals surface area contributed by atoms with Crippen LogP contribution in [0.3, 0.4) is 0 Å². The summed E-state index contributed by atoms with van der Waals surface area (Å²) in [5.41, 5.74) is 1.52. The third kappa shape index (κ3) is 3.08. The van der Waals surface area contributed by atoms with Crippen LogP contribution in [0.25, 0.3) is 0 Å². The summed E-state index contributed by atoms with van der Waals surface area (Å²) in [5.74, 6) is -0.141. The van der Waals surface area contributed by atoms with Crippen molar-refractivity contribution >= 4 is 50.6 Å². The zero-order chi connectivity index (χ0) is 14.8. The minimum atomic E-state index is -0.141. The fraction of sp³-hybridized carbons (Fsp3) is 0.143. The van der Waals surface area contributed by atoms with Crippen LogP contribution in [0.5, 0.6) is 0 Å². The number of hydrogen-bond donors (Lipinski definition) is 2. The Balaban J connectivity index is 1.69. The number of hydrogen-bond acceptors (Lipinski definition) is 3. The van der Waals surface area contributed by atoms with Crippen LogP contribution in [0.2, 0.25) is 0 Å². The Morgan fingerprint density at radius 1 is 1.24 bits per heavy atom. The maximum Gasteiger partial charge on any atom is 0.321 e. The van der Waals surface area contributed by atoms with Gasteiger partial charge in [-0.1, -0.05) is 0 Å². The highest BCUT2D eigenvalue weighted by Crippen LogP contribution is 2.24. The maximum atomic E-state index is 12.0. The molecule has 2 heterocycles. The SMILES string of the molecule is O=C(Nc1ccc(N2CCNC2=O)cc1)c1ccc(Br)s1. The molecule has 21 heavy (non-hydrogen) atoms. The highest BCUT2D eigenvalue weighted by Gasteiger charge is 2.20. The van der Waals surface area contributed by atoms with E-state index in [-0.39, 0.29) is 11.9 Å². The Labute approximate surface area is 134 Å². The highest BCUT2D eigenvalue weighted by atomic mass is 79.9. The van der Waals surface area contributed by atoms with Crippen molar-refractivity contribution in [3.63, 3.8) is 0 Å². The lowest BCUT2D eigenvalue weighted by molar-refractivity contribution is 0.103. The minimum Gasteiger partial charge on any atom is -0.336 e. The zero-order valence-corrected chi connectivity index (χ0v) is 13.3. The summed E-state index contributed by atoms with van der Waals surface area (Å²) in [7, 11) is 0. The number of amides is 3. The van der Waals surface area contributed by atoms with E-state index in [1.54, 1.807) is 23.1 Å². The molecule has 0 atom stereocenters. The molecule has 1 aliphatic rings. The average molecular weight is 366 g/mol. The molecule has 0 spiro atoms. The molecule has 2 aromatic rings. The molecule has 2 N–H and O–H groups in total. The van der Waals surface area contributed by atoms with Crippen molar-refractivity contribution in [1.29, 1.82) is 0 Å². The zero-order valence-electron chi connectivity index (χ0n) is 10.9. The quantitative estimate of drug-likeness (QED) is 0.876. The second kappa shape index (κ2) is 5.87. The Bertz CT molecular complexity index is 684. The van der Waals surface area contributed by atoms with Crippen molar-refractivity contribution < 1.29 is 9.59 Å². The molecule has 3 amide bonds. The molecule has 3 rings (SSSR count). The van der Waals surface area contributed by atoms with Crippen molar-refractivity contribution in [3.8, 4) is 0 Å². The molecule has 1 aliphatic heterocycles. The average Bonchev–Trinajstić information content (AvgIpc) is 3.08. The van der Waals surface area contributed by atoms with Gasteiger partial charge in [0.1, 0.15) is 0 Å². The molecular formula is C14H12BrN3O2S. The normalized spacial score (nSPS) is 14.1. The van der Waals surface area contributed by atoms with Crippen LogP contribution in [0.4, 0.5) is 16.2 Å². The number of urea groups is 1. The lowest BCUT2D eigenvalue weighted by Crippen LogP contribution is -2.27. The second-order valence-corrected chi connectivity index (χ2v) is 6.95. The van der Waals surface area contributed by atoms with Crippen LogP contribution in [0, 0.1) is 0 Å². The van der Waals surface area contributed by atoms with E-state index >= 15 is 0 Å². The van der Waals surface area contributed by atoms with E-state index < -0.39 is 0 Å². The number of nitrogens with zero attached hydrogens (tertiary/aromatic N) is 1. The Morgan fingerprint density at radius 2 is 2.00 bits per heavy atom. The van der Waals surface area contributed by atoms with Gasteiger partial charge in [0.2, 0.25) is 0 Å². The number of carbonyl (C=O) groups is 2. The summed E-state index contributed by atoms with van der Waals surface area (Å²) in [5, 5.41) is 5.59. The monoisotopic (exact) mass is 365 g/mol. The standard InChI is InChI=1S/C14H12BrN3O2S/c15-12-6-5-11(21-12)13(19)17-9-1-3-10(4-2-9)18-8-7-16-14(18)20/h1-6H,7-8H2,(H,16,20)(H,17,19). The van der Waals surface area contributed by atoms with Crippen molar-refractivity contribution in [1.82, 2.24) is 5.32 Å². The van der Waals surface area contributed by atoms with Crippen LogP contribution < -0.4 is 15.5 Å². The number of halogens is 1. The summed E-state index contributed by atoms with van der Waals surface area (Å²) < 4.78 is 0.919. The van der Waals surface area contributed by atoms with Gasteiger partial charge in [0.25, 0.3) is 5.91 Å². The van der Waals surface area contributed by atoms with Crippen LogP contribution in [0.15, 0.2) is 40.2 Å². The first-order valence-corrected chi connectivity index (χ1v) is 7.96. The van der Waals surface area contributed by atoms with E-state index in [0.717, 1.165) is 9.47 Å². The summed E-state index contributed by atoms with van der Waals surface area (Å²) in [6.45, 7) is 1.32. The molecule has 7 heteroatoms. The van der Waals surface area contributed by atoms with E-state index in [1.807, 2.05) is 18.2 Å². The molecule has 1 fully saturated rings. The Morgan fingerprint density at radius 3 is 2.57 bits per heavy atom. The molecule has 5 nitrogen and oxygen atoms in total. The van der Waals surface area contributed by atoms with Crippen LogP contribution in [-0.4, -0.2) is 25.0 Å². The Kier molecular flexibility index (Phi) is 3.94. The first kappa shape index (κ1) is 14.1. The molecule has 0 saturated carbocycles. The van der Waals surface area contributed by atoms with Gasteiger partial charge in [-0.2, -0.15) is 0 Å². The van der Waals surface area contributed by atoms with E-state index in [4.69, 9.17) is 0 Å². The smallest absolute Gasteiger partial charge is 0.321 e. The predicted molar refractivity (Wildman–Crippen MR) is 87.2 cm³/mol. The van der Waals surface area contributed by atoms with Gasteiger partial charge in [-0.15, -0.1) is 11.3 Å². The predicted octanol–water partition coefficient (Wildman–Crippen LogP) is 3.29. The lowest BCUT2D eigenvalue weighted by Gasteiger charge is -2.14. The first-order valence-electron chi connectivity index (χ1n) is 6.35. The first-order chi connectivity index (χ1) is 10.1. The summed E-state index contributed by atoms with van der Waals surface area (Å²) >= 11 is 4.72. The topological polar surface area (TPSA) is 61.4 Å². The number of anilines is 2. The van der Waals surface area contributed by atoms with Crippen molar-refractivity contribution in [2.75, 3.05) is 23.3 Å². The number of thiophene rings is 1. The third-order valence-electron chi connectivity index (χ3n) is 3.09. The molecule has 108 valence electrons. The molecule has 1 aromatic carbocycles. The number of rotatable bonds is 3. The molecule has 1 saturated heterocycles. The summed E-state index contributed by atoms with van der Waals surface area (Å²) in [6.07, 6.45) is 0. The van der Waals surface area contributed by atoms with E-state index in [1.165, 1.54) is 11.3 Å². The van der Waals surface area contributed by atoms with Gasteiger partial charge in [0.15, 0.2) is 0 Å². The van der Waals surface area contributed by atoms with Crippen LogP contribution >= 0.6 is 27.3 Å². The van der Waals surface area contributed by atoms with E-state index in [0.29, 0.717) is 23.7 Å². The van der Waals surface area contributed by atoms with Gasteiger partial charge in [0.05, 0.1) is 8.66 Å². The number of nitrogens with one attached hydrogen (secondary N) is 2. The second-order valence-electron chi connectivity index (χ2n) is 4.49. The fourth-order valence-electron chi connectivity index (χ4n) is 2.07. The summed E-state index contributed by atoms with van der Waals surface area (Å²) in [4.78, 5) is 25.9. The minimum absolute atomic E-state index is 0.0878. The number of benzene rings is 1. The molecule has 0 radical (unpaired) electrons. The van der Waals surface area contributed by atoms with Gasteiger partial charge in [-0.3, -0.25) is 9.69 Å². The van der Waals surface area contributed by atoms with Gasteiger partial charge >= 0.3 is 6.03 Å². The van der Waals surface area contributed by atoms with E-state index in [9.17, 15) is 9.59 Å². The van der Waals surface area contributed by atoms with Gasteiger partial charge < -0.3 is 10.6 Å². The largest absolute Gasteiger partial charge is 0.336 e. The van der Waals surface area contributed by atoms with Gasteiger partial charge in [0, 0.05) is 24.5 Å². The lowest BCUT2D eigenvalue weighted by atomic mass is 10.2. The van der Waals surface area contributed by atoms with Crippen LogP contribution in [0.1, 0.15) is 9.67 Å². The molecule has 0 bridgehead atoms. The molecule has 1 aromatic heterocycles. The fourth-order valence-corrected chi connectivity index (χ4v) is 3.35. The van der Waals surface area contributed by atoms with Gasteiger partial charge in [-0.25, -0.2) is 4.79 Å². The Hall–Kier alpha value is -1.86. The molecular weight excluding hydrogens is 354 g/mol. The van der Waals surface area contributed by atoms with Crippen molar-refractivity contribution in [3.05, 3.63) is 45.1 Å². The maximum absolute atomic E-state index is 12.0. The molecule has 0 aliphatic carbocycles. The highest BCUT2D eigenvalue weighted by molar-refractivity contribution is 9.11. The van der Waals surface area contributed by atoms with E-state index in [2.05, 4.69) is 26.6 Å². The van der Waals surface area contributed by atoms with Crippen molar-refractivity contribution in [2.45, 2.75) is 0 Å².